The maximum Gasteiger partial charge on any atom is 0.333 e. The average molecular weight is 513 g/mol. The van der Waals surface area contributed by atoms with Gasteiger partial charge in [-0.1, -0.05) is 17.7 Å². The van der Waals surface area contributed by atoms with E-state index < -0.39 is 23.4 Å². The van der Waals surface area contributed by atoms with E-state index in [9.17, 15) is 10.1 Å². The summed E-state index contributed by atoms with van der Waals surface area (Å²) in [7, 11) is 0. The topological polar surface area (TPSA) is 105 Å². The third-order valence-corrected chi connectivity index (χ3v) is 5.91. The molecule has 11 heteroatoms. The van der Waals surface area contributed by atoms with E-state index in [-0.39, 0.29) is 35.2 Å². The van der Waals surface area contributed by atoms with E-state index >= 15 is 8.78 Å². The monoisotopic (exact) mass is 512 g/mol. The fraction of sp³-hybridized carbons (Fsp3) is 0.240. The zero-order chi connectivity index (χ0) is 25.8. The maximum atomic E-state index is 15.5. The van der Waals surface area contributed by atoms with Crippen LogP contribution in [0.4, 0.5) is 36.3 Å². The summed E-state index contributed by atoms with van der Waals surface area (Å²) < 4.78 is 31.0. The molecular formula is C25H23ClF2N6O2. The zero-order valence-corrected chi connectivity index (χ0v) is 20.1. The van der Waals surface area contributed by atoms with Crippen LogP contribution in [0.5, 0.6) is 0 Å². The van der Waals surface area contributed by atoms with Crippen molar-refractivity contribution in [3.8, 4) is 17.2 Å². The number of nitrogens with one attached hydrogen (secondary N) is 2. The molecule has 0 saturated heterocycles. The van der Waals surface area contributed by atoms with Crippen molar-refractivity contribution >= 4 is 40.4 Å². The zero-order valence-electron chi connectivity index (χ0n) is 19.4. The smallest absolute Gasteiger partial charge is 0.333 e. The van der Waals surface area contributed by atoms with Crippen molar-refractivity contribution in [1.29, 1.82) is 5.26 Å². The molecular weight excluding hydrogens is 490 g/mol. The molecule has 1 aromatic heterocycles. The molecule has 3 N–H and O–H groups in total. The Morgan fingerprint density at radius 2 is 1.83 bits per heavy atom. The number of pyridine rings is 1. The molecule has 0 saturated carbocycles. The summed E-state index contributed by atoms with van der Waals surface area (Å²) in [6.45, 7) is 3.15. The molecule has 4 rings (SSSR count). The lowest BCUT2D eigenvalue weighted by Crippen LogP contribution is -2.41. The van der Waals surface area contributed by atoms with Gasteiger partial charge >= 0.3 is 6.03 Å². The number of urea groups is 1. The molecule has 3 aromatic rings. The maximum absolute atomic E-state index is 15.5. The first-order valence-corrected chi connectivity index (χ1v) is 11.6. The van der Waals surface area contributed by atoms with E-state index in [0.717, 1.165) is 17.0 Å². The van der Waals surface area contributed by atoms with Crippen molar-refractivity contribution < 1.29 is 18.7 Å². The number of anilines is 4. The molecule has 36 heavy (non-hydrogen) atoms. The second kappa shape index (κ2) is 10.9. The Labute approximate surface area is 211 Å². The van der Waals surface area contributed by atoms with Crippen LogP contribution < -0.4 is 20.4 Å². The number of rotatable bonds is 8. The summed E-state index contributed by atoms with van der Waals surface area (Å²) in [5, 5.41) is 24.3. The Balaban J connectivity index is 1.83. The first-order chi connectivity index (χ1) is 17.4. The lowest BCUT2D eigenvalue weighted by molar-refractivity contribution is 0.253. The molecule has 8 nitrogen and oxygen atoms in total. The summed E-state index contributed by atoms with van der Waals surface area (Å²) >= 11 is 6.25. The van der Waals surface area contributed by atoms with Crippen molar-refractivity contribution in [1.82, 2.24) is 10.3 Å². The highest BCUT2D eigenvalue weighted by Gasteiger charge is 2.35. The number of aliphatic hydroxyl groups excluding tert-OH is 1. The van der Waals surface area contributed by atoms with Crippen LogP contribution in [0.2, 0.25) is 5.02 Å². The number of aromatic nitrogens is 1. The third kappa shape index (κ3) is 4.81. The van der Waals surface area contributed by atoms with E-state index in [0.29, 0.717) is 36.4 Å². The fourth-order valence-corrected chi connectivity index (χ4v) is 4.25. The van der Waals surface area contributed by atoms with Crippen molar-refractivity contribution in [2.75, 3.05) is 47.9 Å². The number of nitrogens with zero attached hydrogens (tertiary/aromatic N) is 4. The molecule has 0 bridgehead atoms. The Morgan fingerprint density at radius 3 is 2.50 bits per heavy atom. The predicted molar refractivity (Wildman–Crippen MR) is 135 cm³/mol. The van der Waals surface area contributed by atoms with E-state index in [4.69, 9.17) is 16.7 Å². The number of carbonyl (C=O) groups excluding carboxylic acids is 1. The van der Waals surface area contributed by atoms with Crippen LogP contribution in [0.25, 0.3) is 11.1 Å². The molecule has 0 aliphatic carbocycles. The lowest BCUT2D eigenvalue weighted by Gasteiger charge is -2.29. The van der Waals surface area contributed by atoms with Gasteiger partial charge < -0.3 is 15.7 Å². The van der Waals surface area contributed by atoms with Crippen LogP contribution in [0.1, 0.15) is 12.6 Å². The van der Waals surface area contributed by atoms with Crippen molar-refractivity contribution in [2.45, 2.75) is 6.92 Å². The molecule has 0 unspecified atom stereocenters. The van der Waals surface area contributed by atoms with Gasteiger partial charge in [0.2, 0.25) is 0 Å². The number of benzene rings is 2. The second-order valence-electron chi connectivity index (χ2n) is 7.91. The van der Waals surface area contributed by atoms with Crippen LogP contribution >= 0.6 is 11.6 Å². The van der Waals surface area contributed by atoms with Crippen LogP contribution in [0, 0.1) is 23.0 Å². The Bertz CT molecular complexity index is 1320. The summed E-state index contributed by atoms with van der Waals surface area (Å²) in [5.74, 6) is -1.89. The quantitative estimate of drug-likeness (QED) is 0.380. The minimum Gasteiger partial charge on any atom is -0.395 e. The Kier molecular flexibility index (Phi) is 7.64. The molecule has 0 spiro atoms. The van der Waals surface area contributed by atoms with Gasteiger partial charge in [0.1, 0.15) is 17.5 Å². The van der Waals surface area contributed by atoms with Crippen molar-refractivity contribution in [3.63, 3.8) is 0 Å². The number of halogens is 3. The van der Waals surface area contributed by atoms with E-state index in [1.165, 1.54) is 23.2 Å². The predicted octanol–water partition coefficient (Wildman–Crippen LogP) is 4.64. The second-order valence-corrected chi connectivity index (χ2v) is 8.35. The van der Waals surface area contributed by atoms with Gasteiger partial charge in [-0.15, -0.1) is 0 Å². The molecule has 1 aliphatic heterocycles. The van der Waals surface area contributed by atoms with E-state index in [2.05, 4.69) is 15.6 Å². The number of fused-ring (bicyclic) bond motifs is 3. The van der Waals surface area contributed by atoms with Gasteiger partial charge in [-0.3, -0.25) is 9.80 Å². The number of amides is 2. The number of nitriles is 1. The van der Waals surface area contributed by atoms with Gasteiger partial charge in [0.25, 0.3) is 0 Å². The van der Waals surface area contributed by atoms with Gasteiger partial charge in [0.05, 0.1) is 24.2 Å². The first kappa shape index (κ1) is 25.3. The van der Waals surface area contributed by atoms with Crippen LogP contribution in [0.15, 0.2) is 42.6 Å². The van der Waals surface area contributed by atoms with E-state index in [1.807, 2.05) is 6.07 Å². The van der Waals surface area contributed by atoms with Gasteiger partial charge in [-0.05, 0) is 37.3 Å². The SMILES string of the molecule is CCN1C(=O)N(c2c(F)cc(NCCNCCO)cc2F)c2cc(Cl)ccc2-c2cc(C#N)ncc21. The summed E-state index contributed by atoms with van der Waals surface area (Å²) in [4.78, 5) is 20.2. The minimum atomic E-state index is -0.946. The van der Waals surface area contributed by atoms with Gasteiger partial charge in [-0.25, -0.2) is 18.6 Å². The van der Waals surface area contributed by atoms with Crippen LogP contribution in [-0.4, -0.2) is 48.9 Å². The summed E-state index contributed by atoms with van der Waals surface area (Å²) in [6.07, 6.45) is 1.40. The summed E-state index contributed by atoms with van der Waals surface area (Å²) in [5.41, 5.74) is 1.34. The molecule has 186 valence electrons. The highest BCUT2D eigenvalue weighted by atomic mass is 35.5. The van der Waals surface area contributed by atoms with Crippen molar-refractivity contribution in [3.05, 3.63) is 64.9 Å². The van der Waals surface area contributed by atoms with Gasteiger partial charge in [-0.2, -0.15) is 5.26 Å². The molecule has 1 aliphatic rings. The first-order valence-electron chi connectivity index (χ1n) is 11.3. The van der Waals surface area contributed by atoms with Gasteiger partial charge in [0, 0.05) is 48.0 Å². The molecule has 2 aromatic carbocycles. The fourth-order valence-electron chi connectivity index (χ4n) is 4.09. The lowest BCUT2D eigenvalue weighted by atomic mass is 10.0. The molecule has 0 radical (unpaired) electrons. The van der Waals surface area contributed by atoms with Gasteiger partial charge in [0.15, 0.2) is 11.6 Å². The average Bonchev–Trinajstić information content (AvgIpc) is 2.95. The Hall–Kier alpha value is -3.78. The number of hydrogen-bond acceptors (Lipinski definition) is 6. The number of hydrogen-bond donors (Lipinski definition) is 3. The highest BCUT2D eigenvalue weighted by Crippen LogP contribution is 2.46. The van der Waals surface area contributed by atoms with Crippen LogP contribution in [0.3, 0.4) is 0 Å². The molecule has 2 amide bonds. The normalized spacial score (nSPS) is 12.6. The minimum absolute atomic E-state index is 0.0140. The molecule has 0 fully saturated rings. The summed E-state index contributed by atoms with van der Waals surface area (Å²) in [6, 6.07) is 9.76. The van der Waals surface area contributed by atoms with Crippen LogP contribution in [-0.2, 0) is 0 Å². The number of aliphatic hydroxyl groups is 1. The van der Waals surface area contributed by atoms with Crippen molar-refractivity contribution in [2.24, 2.45) is 0 Å². The highest BCUT2D eigenvalue weighted by molar-refractivity contribution is 6.31. The number of carbonyl (C=O) groups is 1. The Morgan fingerprint density at radius 1 is 1.08 bits per heavy atom. The molecule has 2 heterocycles. The standard InChI is InChI=1S/C25H23ClF2N6O2/c1-2-33-23-14-32-17(13-29)10-19(23)18-4-3-15(26)9-22(18)34(25(33)36)24-20(27)11-16(12-21(24)28)31-6-5-30-7-8-35/h3-4,9-12,14,30-31,35H,2,5-8H2,1H3. The largest absolute Gasteiger partial charge is 0.395 e. The van der Waals surface area contributed by atoms with E-state index in [1.54, 1.807) is 19.1 Å². The third-order valence-electron chi connectivity index (χ3n) is 5.68. The molecule has 0 atom stereocenters.